The molecule has 8 nitrogen and oxygen atoms in total. The van der Waals surface area contributed by atoms with Crippen LogP contribution in [0.1, 0.15) is 16.7 Å². The zero-order chi connectivity index (χ0) is 21.9. The summed E-state index contributed by atoms with van der Waals surface area (Å²) in [6.07, 6.45) is 2.88. The van der Waals surface area contributed by atoms with Gasteiger partial charge in [0.1, 0.15) is 6.54 Å². The van der Waals surface area contributed by atoms with Gasteiger partial charge in [0, 0.05) is 11.8 Å². The van der Waals surface area contributed by atoms with Crippen molar-refractivity contribution in [3.63, 3.8) is 0 Å². The topological polar surface area (TPSA) is 114 Å². The van der Waals surface area contributed by atoms with Gasteiger partial charge in [-0.3, -0.25) is 19.7 Å². The van der Waals surface area contributed by atoms with E-state index in [-0.39, 0.29) is 0 Å². The number of hydrogen-bond acceptors (Lipinski definition) is 5. The van der Waals surface area contributed by atoms with Crippen LogP contribution in [0.2, 0.25) is 0 Å². The van der Waals surface area contributed by atoms with Crippen molar-refractivity contribution in [2.45, 2.75) is 13.8 Å². The van der Waals surface area contributed by atoms with Crippen molar-refractivity contribution in [3.8, 4) is 0 Å². The number of amides is 4. The molecule has 0 radical (unpaired) electrons. The Morgan fingerprint density at radius 1 is 1.00 bits per heavy atom. The molecule has 2 rings (SSSR count). The van der Waals surface area contributed by atoms with Gasteiger partial charge in [-0.25, -0.2) is 4.79 Å². The van der Waals surface area contributed by atoms with Crippen molar-refractivity contribution in [1.29, 1.82) is 0 Å². The van der Waals surface area contributed by atoms with E-state index >= 15 is 0 Å². The summed E-state index contributed by atoms with van der Waals surface area (Å²) in [6, 6.07) is 13.9. The summed E-state index contributed by atoms with van der Waals surface area (Å²) >= 11 is 0. The standard InChI is InChI=1S/C22H23N3O5/c1-15-8-10-18(16(2)12-15)24-22(29)25-20(27)14-30-21(28)13-23-19(26)11-9-17-6-4-3-5-7-17/h3-12H,13-14H2,1-2H3,(H,23,26)(H2,24,25,27,29)/b11-9+. The van der Waals surface area contributed by atoms with E-state index < -0.39 is 37.0 Å². The minimum Gasteiger partial charge on any atom is -0.454 e. The molecule has 156 valence electrons. The first-order chi connectivity index (χ1) is 14.3. The lowest BCUT2D eigenvalue weighted by atomic mass is 10.1. The molecule has 0 saturated carbocycles. The molecule has 0 atom stereocenters. The quantitative estimate of drug-likeness (QED) is 0.480. The van der Waals surface area contributed by atoms with Gasteiger partial charge in [0.15, 0.2) is 6.61 Å². The number of benzene rings is 2. The molecule has 8 heteroatoms. The normalized spacial score (nSPS) is 10.3. The Kier molecular flexibility index (Phi) is 8.31. The number of rotatable bonds is 7. The molecule has 0 aliphatic rings. The minimum absolute atomic E-state index is 0.403. The molecule has 3 N–H and O–H groups in total. The first kappa shape index (κ1) is 22.4. The monoisotopic (exact) mass is 409 g/mol. The van der Waals surface area contributed by atoms with Crippen molar-refractivity contribution in [3.05, 3.63) is 71.3 Å². The van der Waals surface area contributed by atoms with Crippen LogP contribution in [0.3, 0.4) is 0 Å². The van der Waals surface area contributed by atoms with Crippen LogP contribution >= 0.6 is 0 Å². The highest BCUT2D eigenvalue weighted by Gasteiger charge is 2.12. The maximum atomic E-state index is 11.9. The van der Waals surface area contributed by atoms with Crippen LogP contribution in [0.15, 0.2) is 54.6 Å². The number of carbonyl (C=O) groups excluding carboxylic acids is 4. The molecule has 4 amide bonds. The first-order valence-electron chi connectivity index (χ1n) is 9.18. The lowest BCUT2D eigenvalue weighted by Gasteiger charge is -2.10. The third kappa shape index (κ3) is 7.97. The van der Waals surface area contributed by atoms with Crippen molar-refractivity contribution >= 4 is 35.6 Å². The molecule has 30 heavy (non-hydrogen) atoms. The van der Waals surface area contributed by atoms with Crippen LogP contribution in [-0.2, 0) is 19.1 Å². The van der Waals surface area contributed by atoms with Crippen molar-refractivity contribution in [1.82, 2.24) is 10.6 Å². The van der Waals surface area contributed by atoms with Crippen molar-refractivity contribution in [2.75, 3.05) is 18.5 Å². The van der Waals surface area contributed by atoms with Gasteiger partial charge < -0.3 is 15.4 Å². The smallest absolute Gasteiger partial charge is 0.325 e. The molecule has 0 aromatic heterocycles. The summed E-state index contributed by atoms with van der Waals surface area (Å²) < 4.78 is 4.74. The first-order valence-corrected chi connectivity index (χ1v) is 9.18. The van der Waals surface area contributed by atoms with Crippen LogP contribution < -0.4 is 16.0 Å². The summed E-state index contributed by atoms with van der Waals surface area (Å²) in [4.78, 5) is 46.9. The molecule has 0 heterocycles. The number of aryl methyl sites for hydroxylation is 2. The van der Waals surface area contributed by atoms with Crippen LogP contribution in [-0.4, -0.2) is 37.0 Å². The number of esters is 1. The average molecular weight is 409 g/mol. The second-order valence-corrected chi connectivity index (χ2v) is 6.44. The van der Waals surface area contributed by atoms with E-state index in [0.29, 0.717) is 5.69 Å². The van der Waals surface area contributed by atoms with Gasteiger partial charge in [0.05, 0.1) is 0 Å². The van der Waals surface area contributed by atoms with Gasteiger partial charge >= 0.3 is 12.0 Å². The van der Waals surface area contributed by atoms with E-state index in [1.165, 1.54) is 6.08 Å². The Morgan fingerprint density at radius 2 is 1.73 bits per heavy atom. The largest absolute Gasteiger partial charge is 0.454 e. The highest BCUT2D eigenvalue weighted by Crippen LogP contribution is 2.15. The summed E-state index contributed by atoms with van der Waals surface area (Å²) in [5.74, 6) is -2.07. The van der Waals surface area contributed by atoms with Crippen LogP contribution in [0.4, 0.5) is 10.5 Å². The third-order valence-electron chi connectivity index (χ3n) is 3.88. The van der Waals surface area contributed by atoms with Gasteiger partial charge in [-0.15, -0.1) is 0 Å². The Balaban J connectivity index is 1.67. The van der Waals surface area contributed by atoms with E-state index in [2.05, 4.69) is 16.0 Å². The fourth-order valence-corrected chi connectivity index (χ4v) is 2.42. The molecule has 0 spiro atoms. The summed E-state index contributed by atoms with van der Waals surface area (Å²) in [5.41, 5.74) is 3.30. The van der Waals surface area contributed by atoms with Gasteiger partial charge in [-0.2, -0.15) is 0 Å². The molecule has 2 aromatic carbocycles. The highest BCUT2D eigenvalue weighted by atomic mass is 16.5. The lowest BCUT2D eigenvalue weighted by molar-refractivity contribution is -0.147. The fraction of sp³-hybridized carbons (Fsp3) is 0.182. The van der Waals surface area contributed by atoms with E-state index in [9.17, 15) is 19.2 Å². The third-order valence-corrected chi connectivity index (χ3v) is 3.88. The SMILES string of the molecule is Cc1ccc(NC(=O)NC(=O)COC(=O)CNC(=O)/C=C/c2ccccc2)c(C)c1. The summed E-state index contributed by atoms with van der Waals surface area (Å²) in [7, 11) is 0. The molecular weight excluding hydrogens is 386 g/mol. The zero-order valence-electron chi connectivity index (χ0n) is 16.7. The minimum atomic E-state index is -0.804. The predicted molar refractivity (Wildman–Crippen MR) is 113 cm³/mol. The molecule has 2 aromatic rings. The Morgan fingerprint density at radius 3 is 2.43 bits per heavy atom. The average Bonchev–Trinajstić information content (AvgIpc) is 2.72. The number of urea groups is 1. The Bertz CT molecular complexity index is 955. The number of imide groups is 1. The van der Waals surface area contributed by atoms with Crippen molar-refractivity contribution < 1.29 is 23.9 Å². The predicted octanol–water partition coefficient (Wildman–Crippen LogP) is 2.32. The number of nitrogens with one attached hydrogen (secondary N) is 3. The lowest BCUT2D eigenvalue weighted by Crippen LogP contribution is -2.38. The van der Waals surface area contributed by atoms with Crippen LogP contribution in [0.5, 0.6) is 0 Å². The molecule has 0 fully saturated rings. The maximum Gasteiger partial charge on any atom is 0.325 e. The summed E-state index contributed by atoms with van der Waals surface area (Å²) in [6.45, 7) is 2.71. The van der Waals surface area contributed by atoms with Gasteiger partial charge in [-0.1, -0.05) is 48.0 Å². The second kappa shape index (κ2) is 11.2. The van der Waals surface area contributed by atoms with Crippen molar-refractivity contribution in [2.24, 2.45) is 0 Å². The van der Waals surface area contributed by atoms with Gasteiger partial charge in [0.2, 0.25) is 5.91 Å². The number of anilines is 1. The molecule has 0 aliphatic heterocycles. The number of ether oxygens (including phenoxy) is 1. The van der Waals surface area contributed by atoms with E-state index in [1.54, 1.807) is 12.1 Å². The molecule has 0 unspecified atom stereocenters. The van der Waals surface area contributed by atoms with Gasteiger partial charge in [0.25, 0.3) is 5.91 Å². The van der Waals surface area contributed by atoms with Crippen LogP contribution in [0, 0.1) is 13.8 Å². The Hall–Kier alpha value is -3.94. The fourth-order valence-electron chi connectivity index (χ4n) is 2.42. The number of hydrogen-bond donors (Lipinski definition) is 3. The number of carbonyl (C=O) groups is 4. The van der Waals surface area contributed by atoms with Gasteiger partial charge in [-0.05, 0) is 37.1 Å². The summed E-state index contributed by atoms with van der Waals surface area (Å²) in [5, 5.41) is 6.96. The highest BCUT2D eigenvalue weighted by molar-refractivity contribution is 6.02. The molecule has 0 bridgehead atoms. The van der Waals surface area contributed by atoms with E-state index in [1.807, 2.05) is 56.3 Å². The van der Waals surface area contributed by atoms with E-state index in [0.717, 1.165) is 16.7 Å². The zero-order valence-corrected chi connectivity index (χ0v) is 16.7. The Labute approximate surface area is 174 Å². The maximum absolute atomic E-state index is 11.9. The van der Waals surface area contributed by atoms with E-state index in [4.69, 9.17) is 4.74 Å². The van der Waals surface area contributed by atoms with Crippen LogP contribution in [0.25, 0.3) is 6.08 Å². The molecule has 0 saturated heterocycles. The second-order valence-electron chi connectivity index (χ2n) is 6.44. The molecule has 0 aliphatic carbocycles. The molecular formula is C22H23N3O5.